The molecule has 0 aromatic rings. The Labute approximate surface area is 115 Å². The Balaban J connectivity index is 2.26. The van der Waals surface area contributed by atoms with Crippen molar-refractivity contribution >= 4 is 11.9 Å². The maximum atomic E-state index is 11.8. The van der Waals surface area contributed by atoms with Crippen molar-refractivity contribution in [2.75, 3.05) is 20.8 Å². The van der Waals surface area contributed by atoms with Crippen molar-refractivity contribution in [1.82, 2.24) is 4.90 Å². The van der Waals surface area contributed by atoms with Crippen molar-refractivity contribution in [1.29, 1.82) is 0 Å². The standard InChI is InChI=1S/C14H25NO4/c1-10(2)15(3)13(16)9-19-12-7-5-11(6-8-12)14(17)18-4/h10-12H,5-9H2,1-4H3. The number of nitrogens with zero attached hydrogens (tertiary/aromatic N) is 1. The zero-order chi connectivity index (χ0) is 14.4. The monoisotopic (exact) mass is 271 g/mol. The number of esters is 1. The van der Waals surface area contributed by atoms with E-state index in [2.05, 4.69) is 0 Å². The van der Waals surface area contributed by atoms with Gasteiger partial charge in [0.1, 0.15) is 6.61 Å². The molecule has 19 heavy (non-hydrogen) atoms. The molecule has 1 saturated carbocycles. The zero-order valence-corrected chi connectivity index (χ0v) is 12.3. The van der Waals surface area contributed by atoms with Gasteiger partial charge in [-0.3, -0.25) is 9.59 Å². The maximum absolute atomic E-state index is 11.8. The normalized spacial score (nSPS) is 23.2. The van der Waals surface area contributed by atoms with Crippen LogP contribution in [0.15, 0.2) is 0 Å². The molecule has 1 rings (SSSR count). The Morgan fingerprint density at radius 1 is 1.21 bits per heavy atom. The molecular weight excluding hydrogens is 246 g/mol. The van der Waals surface area contributed by atoms with E-state index in [1.54, 1.807) is 11.9 Å². The molecule has 0 saturated heterocycles. The Bertz CT molecular complexity index is 309. The number of hydrogen-bond acceptors (Lipinski definition) is 4. The van der Waals surface area contributed by atoms with Crippen LogP contribution < -0.4 is 0 Å². The second kappa shape index (κ2) is 7.48. The van der Waals surface area contributed by atoms with Gasteiger partial charge in [0.2, 0.25) is 5.91 Å². The first-order valence-corrected chi connectivity index (χ1v) is 6.90. The van der Waals surface area contributed by atoms with E-state index < -0.39 is 0 Å². The van der Waals surface area contributed by atoms with E-state index >= 15 is 0 Å². The molecule has 0 aromatic heterocycles. The molecule has 0 unspecified atom stereocenters. The number of carbonyl (C=O) groups is 2. The first kappa shape index (κ1) is 16.0. The lowest BCUT2D eigenvalue weighted by atomic mass is 9.87. The van der Waals surface area contributed by atoms with Crippen molar-refractivity contribution in [2.45, 2.75) is 51.7 Å². The van der Waals surface area contributed by atoms with Crippen molar-refractivity contribution in [3.05, 3.63) is 0 Å². The second-order valence-electron chi connectivity index (χ2n) is 5.41. The summed E-state index contributed by atoms with van der Waals surface area (Å²) >= 11 is 0. The summed E-state index contributed by atoms with van der Waals surface area (Å²) in [4.78, 5) is 24.8. The van der Waals surface area contributed by atoms with Crippen LogP contribution in [0.2, 0.25) is 0 Å². The minimum absolute atomic E-state index is 0.00103. The van der Waals surface area contributed by atoms with Crippen LogP contribution in [0.25, 0.3) is 0 Å². The quantitative estimate of drug-likeness (QED) is 0.713. The molecule has 5 nitrogen and oxygen atoms in total. The molecule has 0 atom stereocenters. The Morgan fingerprint density at radius 3 is 2.26 bits per heavy atom. The number of hydrogen-bond donors (Lipinski definition) is 0. The molecule has 110 valence electrons. The van der Waals surface area contributed by atoms with Gasteiger partial charge in [0.15, 0.2) is 0 Å². The summed E-state index contributed by atoms with van der Waals surface area (Å²) in [7, 11) is 3.20. The summed E-state index contributed by atoms with van der Waals surface area (Å²) in [5.41, 5.74) is 0. The lowest BCUT2D eigenvalue weighted by molar-refractivity contribution is -0.149. The average molecular weight is 271 g/mol. The summed E-state index contributed by atoms with van der Waals surface area (Å²) in [6.07, 6.45) is 3.29. The van der Waals surface area contributed by atoms with Gasteiger partial charge in [0.05, 0.1) is 19.1 Å². The fraction of sp³-hybridized carbons (Fsp3) is 0.857. The lowest BCUT2D eigenvalue weighted by Crippen LogP contribution is -2.37. The third-order valence-corrected chi connectivity index (χ3v) is 3.82. The number of methoxy groups -OCH3 is 1. The third kappa shape index (κ3) is 4.82. The Hall–Kier alpha value is -1.10. The summed E-state index contributed by atoms with van der Waals surface area (Å²) in [5, 5.41) is 0. The fourth-order valence-corrected chi connectivity index (χ4v) is 2.21. The van der Waals surface area contributed by atoms with Gasteiger partial charge in [-0.1, -0.05) is 0 Å². The number of ether oxygens (including phenoxy) is 2. The molecule has 0 bridgehead atoms. The summed E-state index contributed by atoms with van der Waals surface area (Å²) in [6, 6.07) is 0.186. The van der Waals surface area contributed by atoms with Crippen LogP contribution in [-0.4, -0.2) is 49.7 Å². The summed E-state index contributed by atoms with van der Waals surface area (Å²) in [6.45, 7) is 4.07. The SMILES string of the molecule is COC(=O)C1CCC(OCC(=O)N(C)C(C)C)CC1. The fourth-order valence-electron chi connectivity index (χ4n) is 2.21. The van der Waals surface area contributed by atoms with Gasteiger partial charge >= 0.3 is 5.97 Å². The number of carbonyl (C=O) groups excluding carboxylic acids is 2. The largest absolute Gasteiger partial charge is 0.469 e. The molecule has 5 heteroatoms. The third-order valence-electron chi connectivity index (χ3n) is 3.82. The number of likely N-dealkylation sites (N-methyl/N-ethyl adjacent to an activating group) is 1. The average Bonchev–Trinajstić information content (AvgIpc) is 2.43. The van der Waals surface area contributed by atoms with E-state index in [4.69, 9.17) is 9.47 Å². The first-order valence-electron chi connectivity index (χ1n) is 6.90. The predicted octanol–water partition coefficient (Wildman–Crippen LogP) is 1.60. The molecule has 0 spiro atoms. The van der Waals surface area contributed by atoms with E-state index in [0.29, 0.717) is 0 Å². The van der Waals surface area contributed by atoms with Crippen LogP contribution >= 0.6 is 0 Å². The number of rotatable bonds is 5. The highest BCUT2D eigenvalue weighted by Crippen LogP contribution is 2.27. The Morgan fingerprint density at radius 2 is 1.79 bits per heavy atom. The lowest BCUT2D eigenvalue weighted by Gasteiger charge is -2.28. The molecular formula is C14H25NO4. The molecule has 0 heterocycles. The predicted molar refractivity (Wildman–Crippen MR) is 71.6 cm³/mol. The van der Waals surface area contributed by atoms with E-state index in [1.165, 1.54) is 7.11 Å². The van der Waals surface area contributed by atoms with Crippen molar-refractivity contribution < 1.29 is 19.1 Å². The number of amides is 1. The van der Waals surface area contributed by atoms with Gasteiger partial charge in [-0.15, -0.1) is 0 Å². The van der Waals surface area contributed by atoms with Gasteiger partial charge < -0.3 is 14.4 Å². The van der Waals surface area contributed by atoms with Gasteiger partial charge in [-0.25, -0.2) is 0 Å². The topological polar surface area (TPSA) is 55.8 Å². The van der Waals surface area contributed by atoms with Crippen LogP contribution in [0.3, 0.4) is 0 Å². The minimum atomic E-state index is -0.130. The minimum Gasteiger partial charge on any atom is -0.469 e. The zero-order valence-electron chi connectivity index (χ0n) is 12.3. The van der Waals surface area contributed by atoms with Crippen LogP contribution in [-0.2, 0) is 19.1 Å². The van der Waals surface area contributed by atoms with Gasteiger partial charge in [-0.2, -0.15) is 0 Å². The van der Waals surface area contributed by atoms with Crippen LogP contribution in [0.1, 0.15) is 39.5 Å². The molecule has 1 amide bonds. The van der Waals surface area contributed by atoms with E-state index in [0.717, 1.165) is 25.7 Å². The van der Waals surface area contributed by atoms with E-state index in [1.807, 2.05) is 13.8 Å². The first-order chi connectivity index (χ1) is 8.95. The smallest absolute Gasteiger partial charge is 0.308 e. The Kier molecular flexibility index (Phi) is 6.28. The molecule has 0 N–H and O–H groups in total. The highest BCUT2D eigenvalue weighted by Gasteiger charge is 2.27. The second-order valence-corrected chi connectivity index (χ2v) is 5.41. The van der Waals surface area contributed by atoms with Crippen molar-refractivity contribution in [3.8, 4) is 0 Å². The van der Waals surface area contributed by atoms with Gasteiger partial charge in [0, 0.05) is 13.1 Å². The van der Waals surface area contributed by atoms with Crippen LogP contribution in [0.5, 0.6) is 0 Å². The highest BCUT2D eigenvalue weighted by atomic mass is 16.5. The molecule has 0 aromatic carbocycles. The van der Waals surface area contributed by atoms with Gasteiger partial charge in [0.25, 0.3) is 0 Å². The van der Waals surface area contributed by atoms with Gasteiger partial charge in [-0.05, 0) is 39.5 Å². The molecule has 1 aliphatic carbocycles. The molecule has 0 aliphatic heterocycles. The van der Waals surface area contributed by atoms with E-state index in [9.17, 15) is 9.59 Å². The van der Waals surface area contributed by atoms with Crippen LogP contribution in [0.4, 0.5) is 0 Å². The van der Waals surface area contributed by atoms with Crippen molar-refractivity contribution in [2.24, 2.45) is 5.92 Å². The highest BCUT2D eigenvalue weighted by molar-refractivity contribution is 5.77. The van der Waals surface area contributed by atoms with Crippen LogP contribution in [0, 0.1) is 5.92 Å². The molecule has 0 radical (unpaired) electrons. The summed E-state index contributed by atoms with van der Waals surface area (Å²) < 4.78 is 10.4. The molecule has 1 aliphatic rings. The summed E-state index contributed by atoms with van der Waals surface area (Å²) in [5.74, 6) is -0.127. The van der Waals surface area contributed by atoms with E-state index in [-0.39, 0.29) is 36.5 Å². The van der Waals surface area contributed by atoms with Crippen molar-refractivity contribution in [3.63, 3.8) is 0 Å². The molecule has 1 fully saturated rings. The maximum Gasteiger partial charge on any atom is 0.308 e.